The molecule has 3 N–H and O–H groups in total. The molecule has 138 valence electrons. The van der Waals surface area contributed by atoms with Gasteiger partial charge in [-0.3, -0.25) is 4.79 Å². The molecule has 2 aromatic rings. The summed E-state index contributed by atoms with van der Waals surface area (Å²) in [6.45, 7) is 0.477. The minimum atomic E-state index is -0.536. The lowest BCUT2D eigenvalue weighted by molar-refractivity contribution is -0.122. The lowest BCUT2D eigenvalue weighted by Crippen LogP contribution is -2.41. The van der Waals surface area contributed by atoms with Gasteiger partial charge in [-0.2, -0.15) is 0 Å². The first kappa shape index (κ1) is 18.5. The number of amides is 1. The Morgan fingerprint density at radius 1 is 1.00 bits per heavy atom. The summed E-state index contributed by atoms with van der Waals surface area (Å²) >= 11 is 0. The first-order valence-corrected chi connectivity index (χ1v) is 9.53. The van der Waals surface area contributed by atoms with E-state index in [4.69, 9.17) is 10.5 Å². The van der Waals surface area contributed by atoms with Crippen LogP contribution in [0.15, 0.2) is 54.6 Å². The number of benzene rings is 2. The Bertz CT molecular complexity index is 679. The molecule has 4 nitrogen and oxygen atoms in total. The number of nitrogens with one attached hydrogen (secondary N) is 1. The van der Waals surface area contributed by atoms with Crippen LogP contribution in [0.5, 0.6) is 5.75 Å². The van der Waals surface area contributed by atoms with Crippen molar-refractivity contribution in [3.05, 3.63) is 65.7 Å². The first-order chi connectivity index (χ1) is 12.7. The van der Waals surface area contributed by atoms with Crippen molar-refractivity contribution in [2.24, 2.45) is 5.73 Å². The summed E-state index contributed by atoms with van der Waals surface area (Å²) in [5, 5.41) is 2.92. The van der Waals surface area contributed by atoms with E-state index in [9.17, 15) is 4.79 Å². The zero-order valence-corrected chi connectivity index (χ0v) is 15.2. The second-order valence-electron chi connectivity index (χ2n) is 7.04. The summed E-state index contributed by atoms with van der Waals surface area (Å²) in [5.74, 6) is 0.782. The monoisotopic (exact) mass is 352 g/mol. The Hall–Kier alpha value is -2.33. The summed E-state index contributed by atoms with van der Waals surface area (Å²) in [6, 6.07) is 17.3. The average Bonchev–Trinajstić information content (AvgIpc) is 2.69. The topological polar surface area (TPSA) is 64.4 Å². The molecule has 1 aliphatic carbocycles. The number of carbonyl (C=O) groups is 1. The van der Waals surface area contributed by atoms with E-state index in [0.29, 0.717) is 19.1 Å². The number of ether oxygens (including phenoxy) is 1. The molecule has 0 bridgehead atoms. The second-order valence-corrected chi connectivity index (χ2v) is 7.04. The van der Waals surface area contributed by atoms with E-state index in [-0.39, 0.29) is 5.91 Å². The van der Waals surface area contributed by atoms with Gasteiger partial charge in [0, 0.05) is 6.54 Å². The SMILES string of the molecule is N[C@@H](Cc1ccccc1)C(=O)NCc1ccc(OC2CCCCC2)cc1. The average molecular weight is 352 g/mol. The molecule has 0 aromatic heterocycles. The zero-order valence-electron chi connectivity index (χ0n) is 15.2. The van der Waals surface area contributed by atoms with Gasteiger partial charge in [0.2, 0.25) is 5.91 Å². The zero-order chi connectivity index (χ0) is 18.2. The summed E-state index contributed by atoms with van der Waals surface area (Å²) in [5.41, 5.74) is 8.12. The van der Waals surface area contributed by atoms with Crippen molar-refractivity contribution in [2.75, 3.05) is 0 Å². The van der Waals surface area contributed by atoms with Crippen molar-refractivity contribution >= 4 is 5.91 Å². The molecule has 2 aromatic carbocycles. The molecule has 1 amide bonds. The van der Waals surface area contributed by atoms with Crippen LogP contribution in [0, 0.1) is 0 Å². The van der Waals surface area contributed by atoms with E-state index in [1.807, 2.05) is 54.6 Å². The van der Waals surface area contributed by atoms with E-state index in [1.165, 1.54) is 19.3 Å². The summed E-state index contributed by atoms with van der Waals surface area (Å²) < 4.78 is 6.03. The lowest BCUT2D eigenvalue weighted by atomic mass is 9.98. The molecule has 1 atom stereocenters. The highest BCUT2D eigenvalue weighted by atomic mass is 16.5. The lowest BCUT2D eigenvalue weighted by Gasteiger charge is -2.23. The number of carbonyl (C=O) groups excluding carboxylic acids is 1. The number of nitrogens with two attached hydrogens (primary N) is 1. The third-order valence-electron chi connectivity index (χ3n) is 4.88. The highest BCUT2D eigenvalue weighted by Crippen LogP contribution is 2.23. The quantitative estimate of drug-likeness (QED) is 0.800. The predicted octanol–water partition coefficient (Wildman–Crippen LogP) is 3.58. The van der Waals surface area contributed by atoms with Gasteiger partial charge < -0.3 is 15.8 Å². The minimum Gasteiger partial charge on any atom is -0.490 e. The Kier molecular flexibility index (Phi) is 6.67. The van der Waals surface area contributed by atoms with Gasteiger partial charge in [-0.25, -0.2) is 0 Å². The molecule has 0 radical (unpaired) electrons. The van der Waals surface area contributed by atoms with Crippen LogP contribution in [0.3, 0.4) is 0 Å². The molecule has 1 fully saturated rings. The van der Waals surface area contributed by atoms with Crippen molar-refractivity contribution in [3.8, 4) is 5.75 Å². The van der Waals surface area contributed by atoms with Gasteiger partial charge in [-0.15, -0.1) is 0 Å². The Balaban J connectivity index is 1.44. The molecule has 26 heavy (non-hydrogen) atoms. The maximum Gasteiger partial charge on any atom is 0.237 e. The largest absolute Gasteiger partial charge is 0.490 e. The highest BCUT2D eigenvalue weighted by Gasteiger charge is 2.15. The molecule has 3 rings (SSSR count). The molecule has 0 aliphatic heterocycles. The van der Waals surface area contributed by atoms with Crippen LogP contribution in [-0.2, 0) is 17.8 Å². The predicted molar refractivity (Wildman–Crippen MR) is 104 cm³/mol. The molecular formula is C22H28N2O2. The maximum atomic E-state index is 12.2. The number of hydrogen-bond acceptors (Lipinski definition) is 3. The van der Waals surface area contributed by atoms with Crippen molar-refractivity contribution in [2.45, 2.75) is 57.2 Å². The van der Waals surface area contributed by atoms with Crippen molar-refractivity contribution in [1.82, 2.24) is 5.32 Å². The van der Waals surface area contributed by atoms with Gasteiger partial charge in [-0.05, 0) is 55.4 Å². The Labute approximate surface area is 155 Å². The molecule has 0 heterocycles. The van der Waals surface area contributed by atoms with Crippen LogP contribution >= 0.6 is 0 Å². The maximum absolute atomic E-state index is 12.2. The van der Waals surface area contributed by atoms with Gasteiger partial charge in [0.15, 0.2) is 0 Å². The number of hydrogen-bond donors (Lipinski definition) is 2. The smallest absolute Gasteiger partial charge is 0.237 e. The van der Waals surface area contributed by atoms with Crippen LogP contribution in [0.4, 0.5) is 0 Å². The van der Waals surface area contributed by atoms with Crippen molar-refractivity contribution in [1.29, 1.82) is 0 Å². The van der Waals surface area contributed by atoms with Gasteiger partial charge in [0.05, 0.1) is 12.1 Å². The standard InChI is InChI=1S/C22H28N2O2/c23-21(15-17-7-3-1-4-8-17)22(25)24-16-18-11-13-20(14-12-18)26-19-9-5-2-6-10-19/h1,3-4,7-8,11-14,19,21H,2,5-6,9-10,15-16,23H2,(H,24,25)/t21-/m0/s1. The summed E-state index contributed by atoms with van der Waals surface area (Å²) in [6.07, 6.45) is 7.04. The third-order valence-corrected chi connectivity index (χ3v) is 4.88. The van der Waals surface area contributed by atoms with E-state index < -0.39 is 6.04 Å². The van der Waals surface area contributed by atoms with Crippen LogP contribution in [0.25, 0.3) is 0 Å². The normalized spacial score (nSPS) is 16.0. The molecule has 4 heteroatoms. The van der Waals surface area contributed by atoms with E-state index in [0.717, 1.165) is 29.7 Å². The van der Waals surface area contributed by atoms with E-state index in [2.05, 4.69) is 5.32 Å². The van der Waals surface area contributed by atoms with E-state index >= 15 is 0 Å². The molecule has 0 spiro atoms. The molecule has 0 unspecified atom stereocenters. The molecule has 1 saturated carbocycles. The van der Waals surface area contributed by atoms with Crippen molar-refractivity contribution in [3.63, 3.8) is 0 Å². The summed E-state index contributed by atoms with van der Waals surface area (Å²) in [4.78, 5) is 12.2. The fraction of sp³-hybridized carbons (Fsp3) is 0.409. The Morgan fingerprint density at radius 2 is 1.69 bits per heavy atom. The van der Waals surface area contributed by atoms with Crippen LogP contribution in [0.1, 0.15) is 43.2 Å². The molecule has 1 aliphatic rings. The second kappa shape index (κ2) is 9.39. The first-order valence-electron chi connectivity index (χ1n) is 9.53. The van der Waals surface area contributed by atoms with Gasteiger partial charge in [0.1, 0.15) is 5.75 Å². The van der Waals surface area contributed by atoms with Crippen molar-refractivity contribution < 1.29 is 9.53 Å². The van der Waals surface area contributed by atoms with Gasteiger partial charge >= 0.3 is 0 Å². The number of rotatable bonds is 7. The third kappa shape index (κ3) is 5.60. The van der Waals surface area contributed by atoms with Crippen LogP contribution < -0.4 is 15.8 Å². The summed E-state index contributed by atoms with van der Waals surface area (Å²) in [7, 11) is 0. The van der Waals surface area contributed by atoms with Gasteiger partial charge in [0.25, 0.3) is 0 Å². The molecule has 0 saturated heterocycles. The fourth-order valence-corrected chi connectivity index (χ4v) is 3.34. The molecular weight excluding hydrogens is 324 g/mol. The minimum absolute atomic E-state index is 0.128. The fourth-order valence-electron chi connectivity index (χ4n) is 3.34. The highest BCUT2D eigenvalue weighted by molar-refractivity contribution is 5.81. The Morgan fingerprint density at radius 3 is 2.38 bits per heavy atom. The van der Waals surface area contributed by atoms with Gasteiger partial charge in [-0.1, -0.05) is 48.9 Å². The van der Waals surface area contributed by atoms with Crippen LogP contribution in [-0.4, -0.2) is 18.1 Å². The van der Waals surface area contributed by atoms with Crippen LogP contribution in [0.2, 0.25) is 0 Å². The van der Waals surface area contributed by atoms with E-state index in [1.54, 1.807) is 0 Å².